The zero-order valence-electron chi connectivity index (χ0n) is 6.58. The molecular weight excluding hydrogens is 200 g/mol. The number of ether oxygens (including phenoxy) is 1. The summed E-state index contributed by atoms with van der Waals surface area (Å²) in [6, 6.07) is 0. The number of carboxylic acid groups (broad SMARTS) is 1. The van der Waals surface area contributed by atoms with Gasteiger partial charge in [0.25, 0.3) is 0 Å². The number of aliphatic carboxylic acids is 1. The van der Waals surface area contributed by atoms with Gasteiger partial charge in [-0.15, -0.1) is 0 Å². The molecule has 0 amide bonds. The summed E-state index contributed by atoms with van der Waals surface area (Å²) < 4.78 is 4.34. The normalized spacial score (nSPS) is 14.7. The number of carbonyl (C=O) groups excluding carboxylic acids is 1. The van der Waals surface area contributed by atoms with E-state index in [-0.39, 0.29) is 12.4 Å². The fraction of sp³-hybridized carbons (Fsp3) is 0.667. The van der Waals surface area contributed by atoms with Crippen LogP contribution in [0.15, 0.2) is 0 Å². The maximum atomic E-state index is 10.7. The highest BCUT2D eigenvalue weighted by molar-refractivity contribution is 7.80. The van der Waals surface area contributed by atoms with Crippen molar-refractivity contribution in [3.63, 3.8) is 0 Å². The quantitative estimate of drug-likeness (QED) is 0.317. The van der Waals surface area contributed by atoms with Crippen LogP contribution in [-0.2, 0) is 14.3 Å². The predicted molar refractivity (Wildman–Crippen MR) is 44.5 cm³/mol. The molecule has 0 aliphatic rings. The van der Waals surface area contributed by atoms with E-state index in [9.17, 15) is 9.59 Å². The average Bonchev–Trinajstić information content (AvgIpc) is 2.11. The van der Waals surface area contributed by atoms with Gasteiger partial charge in [-0.3, -0.25) is 0 Å². The van der Waals surface area contributed by atoms with Gasteiger partial charge in [-0.25, -0.2) is 9.59 Å². The number of aliphatic hydroxyl groups is 2. The molecule has 2 unspecified atom stereocenters. The lowest BCUT2D eigenvalue weighted by Gasteiger charge is -2.12. The molecule has 0 heterocycles. The van der Waals surface area contributed by atoms with Crippen molar-refractivity contribution >= 4 is 24.6 Å². The molecular formula is C6H10O6S. The van der Waals surface area contributed by atoms with Crippen molar-refractivity contribution in [2.75, 3.05) is 12.4 Å². The number of thiol groups is 1. The first-order chi connectivity index (χ1) is 6.00. The highest BCUT2D eigenvalue weighted by atomic mass is 32.1. The molecule has 0 aliphatic carbocycles. The third kappa shape index (κ3) is 4.11. The van der Waals surface area contributed by atoms with Gasteiger partial charge in [-0.2, -0.15) is 12.6 Å². The molecule has 0 bridgehead atoms. The number of hydrogen-bond donors (Lipinski definition) is 4. The number of carbonyl (C=O) groups is 2. The Kier molecular flexibility index (Phi) is 5.44. The third-order valence-electron chi connectivity index (χ3n) is 1.13. The van der Waals surface area contributed by atoms with E-state index in [0.717, 1.165) is 0 Å². The van der Waals surface area contributed by atoms with Crippen LogP contribution in [0.3, 0.4) is 0 Å². The van der Waals surface area contributed by atoms with Gasteiger partial charge < -0.3 is 20.1 Å². The number of rotatable bonds is 5. The van der Waals surface area contributed by atoms with Gasteiger partial charge in [0.2, 0.25) is 0 Å². The van der Waals surface area contributed by atoms with Crippen molar-refractivity contribution < 1.29 is 29.6 Å². The maximum absolute atomic E-state index is 10.7. The van der Waals surface area contributed by atoms with Crippen molar-refractivity contribution in [2.24, 2.45) is 0 Å². The molecule has 76 valence electrons. The van der Waals surface area contributed by atoms with Crippen LogP contribution in [0, 0.1) is 0 Å². The molecule has 0 aliphatic heterocycles. The molecule has 0 saturated carbocycles. The van der Waals surface area contributed by atoms with Crippen LogP contribution >= 0.6 is 12.6 Å². The van der Waals surface area contributed by atoms with Gasteiger partial charge in [-0.1, -0.05) is 0 Å². The second-order valence-electron chi connectivity index (χ2n) is 2.12. The highest BCUT2D eigenvalue weighted by Crippen LogP contribution is 1.97. The second-order valence-corrected chi connectivity index (χ2v) is 2.57. The van der Waals surface area contributed by atoms with Crippen molar-refractivity contribution in [1.82, 2.24) is 0 Å². The van der Waals surface area contributed by atoms with Crippen LogP contribution in [0.4, 0.5) is 0 Å². The summed E-state index contributed by atoms with van der Waals surface area (Å²) in [5, 5.41) is 25.7. The first kappa shape index (κ1) is 12.2. The lowest BCUT2D eigenvalue weighted by Crippen LogP contribution is -2.40. The fourth-order valence-electron chi connectivity index (χ4n) is 0.496. The van der Waals surface area contributed by atoms with Crippen LogP contribution in [0.25, 0.3) is 0 Å². The van der Waals surface area contributed by atoms with Gasteiger partial charge in [0.15, 0.2) is 12.2 Å². The molecule has 0 rings (SSSR count). The van der Waals surface area contributed by atoms with E-state index in [1.54, 1.807) is 0 Å². The van der Waals surface area contributed by atoms with E-state index in [2.05, 4.69) is 17.4 Å². The van der Waals surface area contributed by atoms with E-state index in [0.29, 0.717) is 0 Å². The van der Waals surface area contributed by atoms with Gasteiger partial charge in [0.05, 0.1) is 0 Å². The summed E-state index contributed by atoms with van der Waals surface area (Å²) in [6.45, 7) is -0.0503. The molecule has 0 aromatic carbocycles. The number of hydrogen-bond acceptors (Lipinski definition) is 6. The number of carboxylic acids is 1. The summed E-state index contributed by atoms with van der Waals surface area (Å²) in [7, 11) is 0. The van der Waals surface area contributed by atoms with Crippen LogP contribution in [0.5, 0.6) is 0 Å². The predicted octanol–water partition coefficient (Wildman–Crippen LogP) is -1.73. The Balaban J connectivity index is 4.01. The minimum absolute atomic E-state index is 0.0503. The molecule has 13 heavy (non-hydrogen) atoms. The van der Waals surface area contributed by atoms with Gasteiger partial charge >= 0.3 is 11.9 Å². The average molecular weight is 210 g/mol. The summed E-state index contributed by atoms with van der Waals surface area (Å²) >= 11 is 3.72. The Morgan fingerprint density at radius 2 is 1.85 bits per heavy atom. The molecule has 0 aromatic heterocycles. The van der Waals surface area contributed by atoms with Crippen LogP contribution in [0.2, 0.25) is 0 Å². The first-order valence-corrected chi connectivity index (χ1v) is 4.00. The molecule has 0 spiro atoms. The lowest BCUT2D eigenvalue weighted by atomic mass is 10.2. The minimum Gasteiger partial charge on any atom is -0.479 e. The Hall–Kier alpha value is -0.790. The first-order valence-electron chi connectivity index (χ1n) is 3.37. The largest absolute Gasteiger partial charge is 0.479 e. The number of esters is 1. The molecule has 3 N–H and O–H groups in total. The zero-order valence-corrected chi connectivity index (χ0v) is 7.48. The smallest absolute Gasteiger partial charge is 0.338 e. The molecule has 0 radical (unpaired) electrons. The van der Waals surface area contributed by atoms with Crippen LogP contribution in [-0.4, -0.2) is 51.8 Å². The van der Waals surface area contributed by atoms with Gasteiger partial charge in [0, 0.05) is 5.75 Å². The summed E-state index contributed by atoms with van der Waals surface area (Å²) in [4.78, 5) is 20.8. The van der Waals surface area contributed by atoms with E-state index < -0.39 is 24.1 Å². The van der Waals surface area contributed by atoms with E-state index in [4.69, 9.17) is 15.3 Å². The van der Waals surface area contributed by atoms with E-state index >= 15 is 0 Å². The molecule has 0 fully saturated rings. The Morgan fingerprint density at radius 3 is 2.23 bits per heavy atom. The topological polar surface area (TPSA) is 104 Å². The van der Waals surface area contributed by atoms with E-state index in [1.807, 2.05) is 0 Å². The molecule has 2 atom stereocenters. The number of aliphatic hydroxyl groups excluding tert-OH is 2. The monoisotopic (exact) mass is 210 g/mol. The lowest BCUT2D eigenvalue weighted by molar-refractivity contribution is -0.169. The second kappa shape index (κ2) is 5.79. The van der Waals surface area contributed by atoms with Gasteiger partial charge in [0.1, 0.15) is 6.61 Å². The fourth-order valence-corrected chi connectivity index (χ4v) is 0.587. The summed E-state index contributed by atoms with van der Waals surface area (Å²) in [6.07, 6.45) is -4.22. The zero-order chi connectivity index (χ0) is 10.4. The summed E-state index contributed by atoms with van der Waals surface area (Å²) in [5.41, 5.74) is 0. The molecule has 6 nitrogen and oxygen atoms in total. The molecule has 0 saturated heterocycles. The van der Waals surface area contributed by atoms with Crippen molar-refractivity contribution in [3.8, 4) is 0 Å². The van der Waals surface area contributed by atoms with Crippen molar-refractivity contribution in [3.05, 3.63) is 0 Å². The van der Waals surface area contributed by atoms with E-state index in [1.165, 1.54) is 0 Å². The molecule has 0 aromatic rings. The third-order valence-corrected chi connectivity index (χ3v) is 1.31. The van der Waals surface area contributed by atoms with Gasteiger partial charge in [-0.05, 0) is 0 Å². The molecule has 7 heteroatoms. The Morgan fingerprint density at radius 1 is 1.31 bits per heavy atom. The van der Waals surface area contributed by atoms with Crippen LogP contribution in [0.1, 0.15) is 0 Å². The van der Waals surface area contributed by atoms with Crippen molar-refractivity contribution in [2.45, 2.75) is 12.2 Å². The Bertz CT molecular complexity index is 194. The van der Waals surface area contributed by atoms with Crippen LogP contribution < -0.4 is 0 Å². The standard InChI is InChI=1S/C6H10O6S/c7-3(5(9)10)4(8)6(11)12-1-2-13/h3-4,7-8,13H,1-2H2,(H,9,10). The summed E-state index contributed by atoms with van der Waals surface area (Å²) in [5.74, 6) is -2.61. The highest BCUT2D eigenvalue weighted by Gasteiger charge is 2.31. The minimum atomic E-state index is -2.16. The van der Waals surface area contributed by atoms with Crippen molar-refractivity contribution in [1.29, 1.82) is 0 Å². The maximum Gasteiger partial charge on any atom is 0.338 e. The SMILES string of the molecule is O=C(O)C(O)C(O)C(=O)OCCS. The Labute approximate surface area is 79.5 Å².